The predicted octanol–water partition coefficient (Wildman–Crippen LogP) is 2.78. The van der Waals surface area contributed by atoms with Crippen molar-refractivity contribution in [3.8, 4) is 6.07 Å². The summed E-state index contributed by atoms with van der Waals surface area (Å²) in [5, 5.41) is 11.8. The molecule has 1 aromatic carbocycles. The first kappa shape index (κ1) is 18.0. The van der Waals surface area contributed by atoms with E-state index in [-0.39, 0.29) is 12.5 Å². The minimum Gasteiger partial charge on any atom is -0.452 e. The largest absolute Gasteiger partial charge is 0.452 e. The van der Waals surface area contributed by atoms with E-state index in [2.05, 4.69) is 11.4 Å². The standard InChI is InChI=1S/C19H24N2O3/c1-13(2)19(3,12-20)21-17(22)11-24-18(23)16-9-8-14-6-4-5-7-15(14)10-16/h8-10,13H,4-7,11H2,1-3H3,(H,21,22)/t19-/m0/s1. The zero-order valence-electron chi connectivity index (χ0n) is 14.5. The molecule has 1 amide bonds. The summed E-state index contributed by atoms with van der Waals surface area (Å²) >= 11 is 0. The van der Waals surface area contributed by atoms with Gasteiger partial charge in [-0.2, -0.15) is 5.26 Å². The van der Waals surface area contributed by atoms with Crippen LogP contribution in [0.25, 0.3) is 0 Å². The molecule has 5 heteroatoms. The highest BCUT2D eigenvalue weighted by atomic mass is 16.5. The maximum atomic E-state index is 12.1. The quantitative estimate of drug-likeness (QED) is 0.843. The normalized spacial score (nSPS) is 15.8. The van der Waals surface area contributed by atoms with Gasteiger partial charge in [-0.15, -0.1) is 0 Å². The molecule has 0 spiro atoms. The predicted molar refractivity (Wildman–Crippen MR) is 90.4 cm³/mol. The molecule has 1 atom stereocenters. The molecular formula is C19H24N2O3. The number of benzene rings is 1. The highest BCUT2D eigenvalue weighted by Gasteiger charge is 2.30. The number of amides is 1. The highest BCUT2D eigenvalue weighted by molar-refractivity contribution is 5.91. The van der Waals surface area contributed by atoms with Crippen LogP contribution in [0.2, 0.25) is 0 Å². The zero-order chi connectivity index (χ0) is 17.7. The lowest BCUT2D eigenvalue weighted by atomic mass is 9.90. The third-order valence-electron chi connectivity index (χ3n) is 4.70. The lowest BCUT2D eigenvalue weighted by Crippen LogP contribution is -2.50. The van der Waals surface area contributed by atoms with Crippen molar-refractivity contribution in [3.05, 3.63) is 34.9 Å². The van der Waals surface area contributed by atoms with Gasteiger partial charge >= 0.3 is 5.97 Å². The molecule has 1 aliphatic carbocycles. The summed E-state index contributed by atoms with van der Waals surface area (Å²) in [6.45, 7) is 4.96. The van der Waals surface area contributed by atoms with E-state index in [4.69, 9.17) is 4.74 Å². The zero-order valence-corrected chi connectivity index (χ0v) is 14.5. The third kappa shape index (κ3) is 4.14. The van der Waals surface area contributed by atoms with Gasteiger partial charge in [0.25, 0.3) is 5.91 Å². The Morgan fingerprint density at radius 3 is 2.58 bits per heavy atom. The summed E-state index contributed by atoms with van der Waals surface area (Å²) in [5.41, 5.74) is 1.97. The number of carbonyl (C=O) groups is 2. The van der Waals surface area contributed by atoms with Gasteiger partial charge < -0.3 is 10.1 Å². The molecule has 0 unspecified atom stereocenters. The monoisotopic (exact) mass is 328 g/mol. The van der Waals surface area contributed by atoms with Gasteiger partial charge in [-0.3, -0.25) is 4.79 Å². The van der Waals surface area contributed by atoms with Gasteiger partial charge in [-0.1, -0.05) is 19.9 Å². The Morgan fingerprint density at radius 2 is 1.96 bits per heavy atom. The summed E-state index contributed by atoms with van der Waals surface area (Å²) in [5.74, 6) is -1.04. The Balaban J connectivity index is 1.93. The van der Waals surface area contributed by atoms with Crippen LogP contribution in [0.4, 0.5) is 0 Å². The van der Waals surface area contributed by atoms with Gasteiger partial charge in [0.2, 0.25) is 0 Å². The molecule has 2 rings (SSSR count). The van der Waals surface area contributed by atoms with E-state index in [9.17, 15) is 14.9 Å². The van der Waals surface area contributed by atoms with E-state index in [1.54, 1.807) is 13.0 Å². The van der Waals surface area contributed by atoms with E-state index in [0.717, 1.165) is 19.3 Å². The van der Waals surface area contributed by atoms with E-state index in [0.29, 0.717) is 5.56 Å². The number of nitriles is 1. The minimum absolute atomic E-state index is 0.0530. The second-order valence-corrected chi connectivity index (χ2v) is 6.78. The van der Waals surface area contributed by atoms with E-state index in [1.165, 1.54) is 17.5 Å². The summed E-state index contributed by atoms with van der Waals surface area (Å²) in [6.07, 6.45) is 4.35. The van der Waals surface area contributed by atoms with Crippen molar-refractivity contribution >= 4 is 11.9 Å². The molecule has 128 valence electrons. The van der Waals surface area contributed by atoms with E-state index >= 15 is 0 Å². The average molecular weight is 328 g/mol. The van der Waals surface area contributed by atoms with Crippen molar-refractivity contribution < 1.29 is 14.3 Å². The Hall–Kier alpha value is -2.35. The number of aryl methyl sites for hydroxylation is 2. The molecule has 0 aromatic heterocycles. The van der Waals surface area contributed by atoms with Crippen molar-refractivity contribution in [1.82, 2.24) is 5.32 Å². The fourth-order valence-corrected chi connectivity index (χ4v) is 2.70. The van der Waals surface area contributed by atoms with Crippen LogP contribution in [-0.2, 0) is 22.4 Å². The smallest absolute Gasteiger partial charge is 0.338 e. The molecule has 5 nitrogen and oxygen atoms in total. The van der Waals surface area contributed by atoms with Crippen LogP contribution in [0.5, 0.6) is 0 Å². The van der Waals surface area contributed by atoms with Crippen molar-refractivity contribution in [2.75, 3.05) is 6.61 Å². The Morgan fingerprint density at radius 1 is 1.29 bits per heavy atom. The molecule has 1 aromatic rings. The highest BCUT2D eigenvalue weighted by Crippen LogP contribution is 2.22. The van der Waals surface area contributed by atoms with Crippen molar-refractivity contribution in [2.24, 2.45) is 5.92 Å². The van der Waals surface area contributed by atoms with Gasteiger partial charge in [0, 0.05) is 0 Å². The topological polar surface area (TPSA) is 79.2 Å². The van der Waals surface area contributed by atoms with Gasteiger partial charge in [-0.05, 0) is 61.8 Å². The number of rotatable bonds is 5. The fourth-order valence-electron chi connectivity index (χ4n) is 2.70. The van der Waals surface area contributed by atoms with Crippen LogP contribution in [-0.4, -0.2) is 24.0 Å². The SMILES string of the molecule is CC(C)[C@](C)(C#N)NC(=O)COC(=O)c1ccc2c(c1)CCCC2. The first-order chi connectivity index (χ1) is 11.4. The first-order valence-electron chi connectivity index (χ1n) is 8.37. The molecule has 0 saturated carbocycles. The van der Waals surface area contributed by atoms with Gasteiger partial charge in [-0.25, -0.2) is 4.79 Å². The molecule has 1 N–H and O–H groups in total. The van der Waals surface area contributed by atoms with Gasteiger partial charge in [0.15, 0.2) is 6.61 Å². The maximum absolute atomic E-state index is 12.1. The van der Waals surface area contributed by atoms with Crippen molar-refractivity contribution in [3.63, 3.8) is 0 Å². The lowest BCUT2D eigenvalue weighted by Gasteiger charge is -2.27. The number of hydrogen-bond acceptors (Lipinski definition) is 4. The lowest BCUT2D eigenvalue weighted by molar-refractivity contribution is -0.125. The number of ether oxygens (including phenoxy) is 1. The van der Waals surface area contributed by atoms with Crippen LogP contribution in [0.15, 0.2) is 18.2 Å². The number of nitrogens with zero attached hydrogens (tertiary/aromatic N) is 1. The molecule has 0 aliphatic heterocycles. The molecule has 0 saturated heterocycles. The summed E-state index contributed by atoms with van der Waals surface area (Å²) in [4.78, 5) is 24.1. The van der Waals surface area contributed by atoms with Crippen molar-refractivity contribution in [1.29, 1.82) is 5.26 Å². The maximum Gasteiger partial charge on any atom is 0.338 e. The molecule has 0 bridgehead atoms. The molecule has 0 heterocycles. The minimum atomic E-state index is -0.977. The molecule has 0 radical (unpaired) electrons. The number of carbonyl (C=O) groups excluding carboxylic acids is 2. The second-order valence-electron chi connectivity index (χ2n) is 6.78. The summed E-state index contributed by atoms with van der Waals surface area (Å²) < 4.78 is 5.09. The Labute approximate surface area is 143 Å². The van der Waals surface area contributed by atoms with Crippen LogP contribution in [0.1, 0.15) is 55.1 Å². The third-order valence-corrected chi connectivity index (χ3v) is 4.70. The van der Waals surface area contributed by atoms with Gasteiger partial charge in [0.05, 0.1) is 11.6 Å². The molecular weight excluding hydrogens is 304 g/mol. The van der Waals surface area contributed by atoms with Gasteiger partial charge in [0.1, 0.15) is 5.54 Å². The number of esters is 1. The molecule has 24 heavy (non-hydrogen) atoms. The van der Waals surface area contributed by atoms with Crippen LogP contribution >= 0.6 is 0 Å². The summed E-state index contributed by atoms with van der Waals surface area (Å²) in [6, 6.07) is 7.67. The average Bonchev–Trinajstić information content (AvgIpc) is 2.58. The van der Waals surface area contributed by atoms with E-state index in [1.807, 2.05) is 26.0 Å². The fraction of sp³-hybridized carbons (Fsp3) is 0.526. The second kappa shape index (κ2) is 7.48. The Bertz CT molecular complexity index is 676. The number of fused-ring (bicyclic) bond motifs is 1. The number of nitrogens with one attached hydrogen (secondary N) is 1. The van der Waals surface area contributed by atoms with E-state index < -0.39 is 17.4 Å². The van der Waals surface area contributed by atoms with Crippen LogP contribution < -0.4 is 5.32 Å². The Kier molecular flexibility index (Phi) is 5.61. The molecule has 0 fully saturated rings. The number of hydrogen-bond donors (Lipinski definition) is 1. The molecule has 1 aliphatic rings. The van der Waals surface area contributed by atoms with Crippen LogP contribution in [0.3, 0.4) is 0 Å². The van der Waals surface area contributed by atoms with Crippen LogP contribution in [0, 0.1) is 17.2 Å². The summed E-state index contributed by atoms with van der Waals surface area (Å²) in [7, 11) is 0. The first-order valence-corrected chi connectivity index (χ1v) is 8.37. The van der Waals surface area contributed by atoms with Crippen molar-refractivity contribution in [2.45, 2.75) is 52.0 Å².